The summed E-state index contributed by atoms with van der Waals surface area (Å²) in [6, 6.07) is 7.41. The van der Waals surface area contributed by atoms with Gasteiger partial charge in [0.1, 0.15) is 0 Å². The van der Waals surface area contributed by atoms with Crippen molar-refractivity contribution < 1.29 is 4.74 Å². The van der Waals surface area contributed by atoms with E-state index in [4.69, 9.17) is 16.3 Å². The van der Waals surface area contributed by atoms with E-state index in [-0.39, 0.29) is 13.2 Å². The second-order valence-electron chi connectivity index (χ2n) is 6.30. The summed E-state index contributed by atoms with van der Waals surface area (Å²) in [5, 5.41) is 0.567. The van der Waals surface area contributed by atoms with E-state index in [1.165, 1.54) is 16.2 Å². The summed E-state index contributed by atoms with van der Waals surface area (Å²) in [7, 11) is 3.13. The quantitative estimate of drug-likeness (QED) is 0.534. The van der Waals surface area contributed by atoms with Crippen molar-refractivity contribution in [1.29, 1.82) is 0 Å². The molecule has 3 aromatic heterocycles. The van der Waals surface area contributed by atoms with Crippen molar-refractivity contribution in [2.45, 2.75) is 13.5 Å². The van der Waals surface area contributed by atoms with E-state index in [2.05, 4.69) is 4.98 Å². The number of hydrogen-bond acceptors (Lipinski definition) is 4. The summed E-state index contributed by atoms with van der Waals surface area (Å²) in [5.74, 6) is 0.521. The molecular weight excluding hydrogens is 370 g/mol. The summed E-state index contributed by atoms with van der Waals surface area (Å²) in [6.07, 6.45) is 1.82. The van der Waals surface area contributed by atoms with Crippen molar-refractivity contribution in [2.75, 3.05) is 13.7 Å². The van der Waals surface area contributed by atoms with Crippen LogP contribution < -0.4 is 11.2 Å². The second kappa shape index (κ2) is 6.40. The smallest absolute Gasteiger partial charge is 0.332 e. The molecule has 140 valence electrons. The van der Waals surface area contributed by atoms with Crippen LogP contribution in [0.2, 0.25) is 5.02 Å². The highest BCUT2D eigenvalue weighted by molar-refractivity contribution is 6.32. The highest BCUT2D eigenvalue weighted by Gasteiger charge is 2.21. The molecule has 0 saturated heterocycles. The molecule has 0 aliphatic rings. The number of para-hydroxylation sites is 1. The average Bonchev–Trinajstić information content (AvgIpc) is 3.15. The van der Waals surface area contributed by atoms with Crippen molar-refractivity contribution in [3.05, 3.63) is 62.0 Å². The number of methoxy groups -OCH3 is 1. The normalized spacial score (nSPS) is 11.7. The van der Waals surface area contributed by atoms with Crippen molar-refractivity contribution in [3.63, 3.8) is 0 Å². The molecular formula is C18H18ClN5O3. The Balaban J connectivity index is 2.11. The monoisotopic (exact) mass is 387 g/mol. The van der Waals surface area contributed by atoms with Crippen molar-refractivity contribution in [2.24, 2.45) is 7.05 Å². The second-order valence-corrected chi connectivity index (χ2v) is 6.71. The zero-order valence-corrected chi connectivity index (χ0v) is 15.9. The van der Waals surface area contributed by atoms with Gasteiger partial charge in [0.15, 0.2) is 11.2 Å². The Kier molecular flexibility index (Phi) is 4.16. The van der Waals surface area contributed by atoms with Crippen LogP contribution in [0.1, 0.15) is 5.69 Å². The largest absolute Gasteiger partial charge is 0.383 e. The number of nitrogens with zero attached hydrogens (tertiary/aromatic N) is 5. The van der Waals surface area contributed by atoms with Crippen molar-refractivity contribution in [1.82, 2.24) is 23.1 Å². The van der Waals surface area contributed by atoms with Gasteiger partial charge >= 0.3 is 5.69 Å². The molecule has 0 saturated carbocycles. The number of halogens is 1. The topological polar surface area (TPSA) is 75.5 Å². The molecule has 4 aromatic rings. The first-order valence-electron chi connectivity index (χ1n) is 8.39. The zero-order chi connectivity index (χ0) is 19.3. The molecule has 0 unspecified atom stereocenters. The van der Waals surface area contributed by atoms with E-state index in [9.17, 15) is 9.59 Å². The van der Waals surface area contributed by atoms with Gasteiger partial charge in [-0.25, -0.2) is 4.79 Å². The molecule has 0 aliphatic carbocycles. The summed E-state index contributed by atoms with van der Waals surface area (Å²) in [5.41, 5.74) is 1.47. The number of aryl methyl sites for hydroxylation is 2. The van der Waals surface area contributed by atoms with Gasteiger partial charge < -0.3 is 4.74 Å². The maximum atomic E-state index is 13.0. The van der Waals surface area contributed by atoms with Crippen molar-refractivity contribution >= 4 is 28.5 Å². The number of hydrogen-bond donors (Lipinski definition) is 0. The maximum Gasteiger partial charge on any atom is 0.332 e. The molecule has 0 atom stereocenters. The van der Waals surface area contributed by atoms with Crippen LogP contribution in [-0.4, -0.2) is 36.8 Å². The van der Waals surface area contributed by atoms with Crippen molar-refractivity contribution in [3.8, 4) is 5.69 Å². The van der Waals surface area contributed by atoms with Gasteiger partial charge in [-0.1, -0.05) is 23.7 Å². The minimum atomic E-state index is -0.425. The van der Waals surface area contributed by atoms with Crippen LogP contribution in [0.25, 0.3) is 22.6 Å². The fourth-order valence-corrected chi connectivity index (χ4v) is 3.54. The third kappa shape index (κ3) is 2.52. The standard InChI is InChI=1S/C18H18ClN5O3/c1-11-10-23-14-15(21(2)18(26)22(16(14)25)8-9-27-3)20-17(23)24(11)13-7-5-4-6-12(13)19/h4-7,10H,8-9H2,1-3H3. The number of ether oxygens (including phenoxy) is 1. The number of aromatic nitrogens is 5. The highest BCUT2D eigenvalue weighted by atomic mass is 35.5. The lowest BCUT2D eigenvalue weighted by Gasteiger charge is -2.08. The van der Waals surface area contributed by atoms with Gasteiger partial charge in [-0.15, -0.1) is 0 Å². The Bertz CT molecular complexity index is 1290. The first kappa shape index (κ1) is 17.6. The van der Waals surface area contributed by atoms with E-state index in [1.54, 1.807) is 17.5 Å². The van der Waals surface area contributed by atoms with E-state index in [0.29, 0.717) is 22.0 Å². The number of imidazole rings is 2. The predicted molar refractivity (Wildman–Crippen MR) is 103 cm³/mol. The predicted octanol–water partition coefficient (Wildman–Crippen LogP) is 1.75. The Morgan fingerprint density at radius 2 is 1.96 bits per heavy atom. The Morgan fingerprint density at radius 3 is 2.67 bits per heavy atom. The summed E-state index contributed by atoms with van der Waals surface area (Å²) >= 11 is 6.36. The van der Waals surface area contributed by atoms with E-state index in [1.807, 2.05) is 35.9 Å². The molecule has 0 fully saturated rings. The fourth-order valence-electron chi connectivity index (χ4n) is 3.32. The lowest BCUT2D eigenvalue weighted by molar-refractivity contribution is 0.184. The molecule has 9 heteroatoms. The van der Waals surface area contributed by atoms with Crippen LogP contribution in [0.3, 0.4) is 0 Å². The summed E-state index contributed by atoms with van der Waals surface area (Å²) in [4.78, 5) is 30.2. The summed E-state index contributed by atoms with van der Waals surface area (Å²) in [6.45, 7) is 2.35. The molecule has 1 aromatic carbocycles. The minimum Gasteiger partial charge on any atom is -0.383 e. The molecule has 0 aliphatic heterocycles. The van der Waals surface area contributed by atoms with E-state index < -0.39 is 11.2 Å². The lowest BCUT2D eigenvalue weighted by atomic mass is 10.3. The number of benzene rings is 1. The SMILES string of the molecule is COCCn1c(=O)c2c(nc3n(-c4ccccc4Cl)c(C)cn23)n(C)c1=O. The summed E-state index contributed by atoms with van der Waals surface area (Å²) < 4.78 is 11.1. The minimum absolute atomic E-state index is 0.176. The Labute approximate surface area is 158 Å². The van der Waals surface area contributed by atoms with Gasteiger partial charge in [0.05, 0.1) is 23.9 Å². The van der Waals surface area contributed by atoms with Crippen LogP contribution in [-0.2, 0) is 18.3 Å². The number of rotatable bonds is 4. The van der Waals surface area contributed by atoms with Gasteiger partial charge in [-0.3, -0.25) is 22.9 Å². The highest BCUT2D eigenvalue weighted by Crippen LogP contribution is 2.25. The molecule has 3 heterocycles. The van der Waals surface area contributed by atoms with Crippen LogP contribution in [0, 0.1) is 6.92 Å². The molecule has 0 N–H and O–H groups in total. The first-order chi connectivity index (χ1) is 13.0. The van der Waals surface area contributed by atoms with Crippen LogP contribution in [0.5, 0.6) is 0 Å². The molecule has 8 nitrogen and oxygen atoms in total. The average molecular weight is 388 g/mol. The van der Waals surface area contributed by atoms with Gasteiger partial charge in [0.25, 0.3) is 5.56 Å². The van der Waals surface area contributed by atoms with Gasteiger partial charge in [-0.2, -0.15) is 4.98 Å². The van der Waals surface area contributed by atoms with Crippen LogP contribution >= 0.6 is 11.6 Å². The van der Waals surface area contributed by atoms with Crippen LogP contribution in [0.15, 0.2) is 40.1 Å². The van der Waals surface area contributed by atoms with Crippen LogP contribution in [0.4, 0.5) is 0 Å². The molecule has 0 spiro atoms. The van der Waals surface area contributed by atoms with E-state index >= 15 is 0 Å². The third-order valence-electron chi connectivity index (χ3n) is 4.64. The molecule has 27 heavy (non-hydrogen) atoms. The van der Waals surface area contributed by atoms with Gasteiger partial charge in [0.2, 0.25) is 5.78 Å². The Hall–Kier alpha value is -2.84. The molecule has 0 radical (unpaired) electrons. The third-order valence-corrected chi connectivity index (χ3v) is 4.96. The fraction of sp³-hybridized carbons (Fsp3) is 0.278. The van der Waals surface area contributed by atoms with Gasteiger partial charge in [-0.05, 0) is 19.1 Å². The molecule has 0 bridgehead atoms. The van der Waals surface area contributed by atoms with Gasteiger partial charge in [0, 0.05) is 26.0 Å². The lowest BCUT2D eigenvalue weighted by Crippen LogP contribution is -2.40. The Morgan fingerprint density at radius 1 is 1.22 bits per heavy atom. The van der Waals surface area contributed by atoms with E-state index in [0.717, 1.165) is 11.4 Å². The molecule has 0 amide bonds. The zero-order valence-electron chi connectivity index (χ0n) is 15.1. The number of fused-ring (bicyclic) bond motifs is 3. The molecule has 4 rings (SSSR count). The maximum absolute atomic E-state index is 13.0. The first-order valence-corrected chi connectivity index (χ1v) is 8.77.